The Bertz CT molecular complexity index is 240. The summed E-state index contributed by atoms with van der Waals surface area (Å²) in [5.41, 5.74) is 2.34. The van der Waals surface area contributed by atoms with E-state index in [1.807, 2.05) is 0 Å². The molecule has 0 amide bonds. The van der Waals surface area contributed by atoms with Crippen LogP contribution in [0.15, 0.2) is 11.8 Å². The van der Waals surface area contributed by atoms with Crippen LogP contribution in [0.4, 0.5) is 0 Å². The van der Waals surface area contributed by atoms with Gasteiger partial charge < -0.3 is 14.0 Å². The zero-order chi connectivity index (χ0) is 10.9. The maximum atomic E-state index is 5.72. The first-order valence-corrected chi connectivity index (χ1v) is 9.19. The second-order valence-electron chi connectivity index (χ2n) is 5.32. The van der Waals surface area contributed by atoms with Crippen LogP contribution < -0.4 is 0 Å². The van der Waals surface area contributed by atoms with Crippen molar-refractivity contribution in [2.24, 2.45) is 0 Å². The number of fused-ring (bicyclic) bond motifs is 1. The maximum absolute atomic E-state index is 5.72. The van der Waals surface area contributed by atoms with Crippen molar-refractivity contribution >= 4 is 15.2 Å². The Morgan fingerprint density at radius 1 is 1.20 bits per heavy atom. The van der Waals surface area contributed by atoms with Crippen molar-refractivity contribution in [1.29, 1.82) is 0 Å². The summed E-state index contributed by atoms with van der Waals surface area (Å²) in [6, 6.07) is 0. The Morgan fingerprint density at radius 2 is 1.80 bits per heavy atom. The molecule has 2 unspecified atom stereocenters. The molecule has 2 aliphatic rings. The number of hydrogen-bond acceptors (Lipinski definition) is 3. The molecule has 0 bridgehead atoms. The van der Waals surface area contributed by atoms with Crippen molar-refractivity contribution in [2.75, 3.05) is 13.2 Å². The summed E-state index contributed by atoms with van der Waals surface area (Å²) in [4.78, 5) is 0. The Labute approximate surface area is 92.9 Å². The molecule has 3 nitrogen and oxygen atoms in total. The van der Waals surface area contributed by atoms with E-state index in [9.17, 15) is 0 Å². The molecule has 0 saturated carbocycles. The summed E-state index contributed by atoms with van der Waals surface area (Å²) in [6.07, 6.45) is 3.43. The van der Waals surface area contributed by atoms with Gasteiger partial charge in [-0.1, -0.05) is 31.4 Å². The Balaban J connectivity index is 1.76. The summed E-state index contributed by atoms with van der Waals surface area (Å²) in [6.45, 7) is 8.35. The van der Waals surface area contributed by atoms with Gasteiger partial charge in [0.05, 0.1) is 33.5 Å². The fourth-order valence-corrected chi connectivity index (χ4v) is 2.68. The van der Waals surface area contributed by atoms with E-state index in [-0.39, 0.29) is 19.3 Å². The SMILES string of the molecule is C[Si](C)(C)/C=C/CB1OC2COCC2O1. The minimum atomic E-state index is -1.07. The highest BCUT2D eigenvalue weighted by Gasteiger charge is 2.42. The Hall–Kier alpha value is -0.0982. The van der Waals surface area contributed by atoms with Gasteiger partial charge in [-0.25, -0.2) is 0 Å². The van der Waals surface area contributed by atoms with Gasteiger partial charge in [0.25, 0.3) is 0 Å². The molecule has 2 rings (SSSR count). The zero-order valence-corrected chi connectivity index (χ0v) is 10.7. The molecular formula is C10H19BO3Si. The highest BCUT2D eigenvalue weighted by atomic mass is 28.3. The monoisotopic (exact) mass is 226 g/mol. The molecule has 2 atom stereocenters. The van der Waals surface area contributed by atoms with Gasteiger partial charge >= 0.3 is 7.12 Å². The zero-order valence-electron chi connectivity index (χ0n) is 9.73. The van der Waals surface area contributed by atoms with Crippen molar-refractivity contribution in [3.63, 3.8) is 0 Å². The molecule has 2 heterocycles. The summed E-state index contributed by atoms with van der Waals surface area (Å²) in [5.74, 6) is 0. The molecule has 0 spiro atoms. The molecule has 2 aliphatic heterocycles. The van der Waals surface area contributed by atoms with Gasteiger partial charge in [0.15, 0.2) is 0 Å². The van der Waals surface area contributed by atoms with Gasteiger partial charge in [-0.3, -0.25) is 0 Å². The van der Waals surface area contributed by atoms with E-state index in [1.165, 1.54) is 0 Å². The number of rotatable bonds is 3. The molecule has 0 aliphatic carbocycles. The van der Waals surface area contributed by atoms with E-state index in [2.05, 4.69) is 31.4 Å². The van der Waals surface area contributed by atoms with Crippen LogP contribution in [0.25, 0.3) is 0 Å². The van der Waals surface area contributed by atoms with Crippen molar-refractivity contribution in [1.82, 2.24) is 0 Å². The lowest BCUT2D eigenvalue weighted by molar-refractivity contribution is 0.127. The van der Waals surface area contributed by atoms with Crippen molar-refractivity contribution in [2.45, 2.75) is 38.2 Å². The third-order valence-electron chi connectivity index (χ3n) is 2.58. The molecule has 0 N–H and O–H groups in total. The first-order valence-electron chi connectivity index (χ1n) is 5.61. The van der Waals surface area contributed by atoms with Crippen LogP contribution in [0.2, 0.25) is 26.0 Å². The number of ether oxygens (including phenoxy) is 1. The predicted octanol–water partition coefficient (Wildman–Crippen LogP) is 1.72. The van der Waals surface area contributed by atoms with Crippen LogP contribution in [-0.4, -0.2) is 40.6 Å². The predicted molar refractivity (Wildman–Crippen MR) is 63.6 cm³/mol. The summed E-state index contributed by atoms with van der Waals surface area (Å²) in [5, 5.41) is 0. The van der Waals surface area contributed by atoms with Gasteiger partial charge in [0.1, 0.15) is 0 Å². The lowest BCUT2D eigenvalue weighted by atomic mass is 9.85. The molecule has 15 heavy (non-hydrogen) atoms. The maximum Gasteiger partial charge on any atom is 0.461 e. The van der Waals surface area contributed by atoms with Crippen molar-refractivity contribution in [3.05, 3.63) is 11.8 Å². The highest BCUT2D eigenvalue weighted by molar-refractivity contribution is 6.81. The third-order valence-corrected chi connectivity index (χ3v) is 3.81. The highest BCUT2D eigenvalue weighted by Crippen LogP contribution is 2.24. The summed E-state index contributed by atoms with van der Waals surface area (Å²) < 4.78 is 16.7. The van der Waals surface area contributed by atoms with E-state index >= 15 is 0 Å². The molecular weight excluding hydrogens is 207 g/mol. The standard InChI is InChI=1S/C10H19BO3Si/c1-15(2,3)6-4-5-11-13-9-7-12-8-10(9)14-11/h4,6,9-10H,5,7-8H2,1-3H3/b6-4+. The van der Waals surface area contributed by atoms with Crippen LogP contribution >= 0.6 is 0 Å². The van der Waals surface area contributed by atoms with Gasteiger partial charge in [0.2, 0.25) is 0 Å². The van der Waals surface area contributed by atoms with Gasteiger partial charge in [-0.05, 0) is 6.32 Å². The average Bonchev–Trinajstić information content (AvgIpc) is 2.60. The number of hydrogen-bond donors (Lipinski definition) is 0. The Morgan fingerprint density at radius 3 is 2.33 bits per heavy atom. The first-order chi connectivity index (χ1) is 7.04. The lowest BCUT2D eigenvalue weighted by Gasteiger charge is -2.09. The van der Waals surface area contributed by atoms with Crippen LogP contribution in [0.5, 0.6) is 0 Å². The van der Waals surface area contributed by atoms with E-state index in [0.717, 1.165) is 6.32 Å². The third kappa shape index (κ3) is 3.18. The average molecular weight is 226 g/mol. The second-order valence-corrected chi connectivity index (χ2v) is 10.4. The van der Waals surface area contributed by atoms with Crippen molar-refractivity contribution < 1.29 is 14.0 Å². The minimum Gasteiger partial charge on any atom is -0.403 e. The van der Waals surface area contributed by atoms with Crippen LogP contribution in [0.1, 0.15) is 0 Å². The van der Waals surface area contributed by atoms with E-state index in [1.54, 1.807) is 0 Å². The van der Waals surface area contributed by atoms with E-state index in [0.29, 0.717) is 13.2 Å². The molecule has 0 aromatic heterocycles. The smallest absolute Gasteiger partial charge is 0.403 e. The van der Waals surface area contributed by atoms with Crippen LogP contribution in [-0.2, 0) is 14.0 Å². The van der Waals surface area contributed by atoms with Gasteiger partial charge in [0, 0.05) is 0 Å². The minimum absolute atomic E-state index is 0.0449. The van der Waals surface area contributed by atoms with Crippen LogP contribution in [0, 0.1) is 0 Å². The van der Waals surface area contributed by atoms with E-state index < -0.39 is 8.07 Å². The normalized spacial score (nSPS) is 31.5. The molecule has 0 aromatic rings. The lowest BCUT2D eigenvalue weighted by Crippen LogP contribution is -2.19. The molecule has 5 heteroatoms. The summed E-state index contributed by atoms with van der Waals surface area (Å²) >= 11 is 0. The first kappa shape index (κ1) is 11.4. The molecule has 2 fully saturated rings. The van der Waals surface area contributed by atoms with E-state index in [4.69, 9.17) is 14.0 Å². The van der Waals surface area contributed by atoms with Crippen LogP contribution in [0.3, 0.4) is 0 Å². The fraction of sp³-hybridized carbons (Fsp3) is 0.800. The van der Waals surface area contributed by atoms with Gasteiger partial charge in [-0.15, -0.1) is 0 Å². The molecule has 84 valence electrons. The largest absolute Gasteiger partial charge is 0.461 e. The molecule has 0 radical (unpaired) electrons. The quantitative estimate of drug-likeness (QED) is 0.686. The molecule has 0 aromatic carbocycles. The Kier molecular flexibility index (Phi) is 3.35. The summed E-state index contributed by atoms with van der Waals surface area (Å²) in [7, 11) is -1.12. The van der Waals surface area contributed by atoms with Crippen molar-refractivity contribution in [3.8, 4) is 0 Å². The topological polar surface area (TPSA) is 27.7 Å². The number of allylic oxidation sites excluding steroid dienone is 1. The molecule has 2 saturated heterocycles. The second kappa shape index (κ2) is 4.41. The van der Waals surface area contributed by atoms with Gasteiger partial charge in [-0.2, -0.15) is 0 Å². The fourth-order valence-electron chi connectivity index (χ4n) is 1.83.